The summed E-state index contributed by atoms with van der Waals surface area (Å²) in [5.74, 6) is 0.0774. The van der Waals surface area contributed by atoms with E-state index in [-0.39, 0.29) is 23.2 Å². The van der Waals surface area contributed by atoms with Crippen molar-refractivity contribution in [1.82, 2.24) is 9.97 Å². The molecule has 0 bridgehead atoms. The van der Waals surface area contributed by atoms with Crippen LogP contribution >= 0.6 is 11.8 Å². The van der Waals surface area contributed by atoms with Gasteiger partial charge >= 0.3 is 12.1 Å². The molecule has 4 nitrogen and oxygen atoms in total. The molecule has 124 valence electrons. The number of alkyl halides is 3. The summed E-state index contributed by atoms with van der Waals surface area (Å²) in [6.07, 6.45) is -3.74. The van der Waals surface area contributed by atoms with Gasteiger partial charge < -0.3 is 4.74 Å². The molecule has 0 aliphatic rings. The largest absolute Gasteiger partial charge is 0.462 e. The van der Waals surface area contributed by atoms with Crippen molar-refractivity contribution in [1.29, 1.82) is 0 Å². The van der Waals surface area contributed by atoms with Gasteiger partial charge in [-0.2, -0.15) is 13.2 Å². The van der Waals surface area contributed by atoms with Gasteiger partial charge in [0.25, 0.3) is 0 Å². The second-order valence-electron chi connectivity index (χ2n) is 4.66. The van der Waals surface area contributed by atoms with Gasteiger partial charge in [0.05, 0.1) is 28.8 Å². The van der Waals surface area contributed by atoms with Crippen molar-refractivity contribution in [3.05, 3.63) is 29.0 Å². The van der Waals surface area contributed by atoms with E-state index in [4.69, 9.17) is 4.74 Å². The smallest absolute Gasteiger partial charge is 0.417 e. The lowest BCUT2D eigenvalue weighted by atomic mass is 10.1. The van der Waals surface area contributed by atoms with Gasteiger partial charge in [-0.05, 0) is 31.2 Å². The average molecular weight is 344 g/mol. The van der Waals surface area contributed by atoms with Crippen LogP contribution < -0.4 is 0 Å². The zero-order chi connectivity index (χ0) is 17.2. The highest BCUT2D eigenvalue weighted by atomic mass is 32.2. The van der Waals surface area contributed by atoms with E-state index in [0.717, 1.165) is 12.3 Å². The standard InChI is InChI=1S/C15H15F3N2O2S/c1-4-22-14(21)11-8(3)12-10(20-13(11)23-5-2)6-9(7-19-12)15(16,17)18/h6-7H,4-5H2,1-3H3. The fourth-order valence-corrected chi connectivity index (χ4v) is 2.93. The minimum atomic E-state index is -4.49. The van der Waals surface area contributed by atoms with Crippen LogP contribution in [0, 0.1) is 6.92 Å². The summed E-state index contributed by atoms with van der Waals surface area (Å²) in [4.78, 5) is 20.2. The Morgan fingerprint density at radius 3 is 2.61 bits per heavy atom. The van der Waals surface area contributed by atoms with Crippen LogP contribution in [-0.4, -0.2) is 28.3 Å². The highest BCUT2D eigenvalue weighted by Crippen LogP contribution is 2.33. The normalized spacial score (nSPS) is 11.7. The first-order valence-electron chi connectivity index (χ1n) is 6.97. The van der Waals surface area contributed by atoms with Crippen molar-refractivity contribution in [3.63, 3.8) is 0 Å². The van der Waals surface area contributed by atoms with Gasteiger partial charge in [-0.25, -0.2) is 9.78 Å². The number of pyridine rings is 2. The third-order valence-corrected chi connectivity index (χ3v) is 3.98. The molecule has 0 amide bonds. The molecule has 0 saturated carbocycles. The van der Waals surface area contributed by atoms with Crippen LogP contribution in [0.5, 0.6) is 0 Å². The van der Waals surface area contributed by atoms with Crippen LogP contribution in [-0.2, 0) is 10.9 Å². The molecule has 0 atom stereocenters. The average Bonchev–Trinajstić information content (AvgIpc) is 2.46. The summed E-state index contributed by atoms with van der Waals surface area (Å²) in [6.45, 7) is 5.39. The van der Waals surface area contributed by atoms with E-state index in [1.165, 1.54) is 11.8 Å². The van der Waals surface area contributed by atoms with Gasteiger partial charge in [0.2, 0.25) is 0 Å². The van der Waals surface area contributed by atoms with Gasteiger partial charge in [-0.1, -0.05) is 6.92 Å². The second-order valence-corrected chi connectivity index (χ2v) is 5.91. The van der Waals surface area contributed by atoms with Crippen LogP contribution in [0.1, 0.15) is 35.3 Å². The molecule has 2 heterocycles. The quantitative estimate of drug-likeness (QED) is 0.613. The van der Waals surface area contributed by atoms with Crippen molar-refractivity contribution < 1.29 is 22.7 Å². The van der Waals surface area contributed by atoms with Crippen molar-refractivity contribution >= 4 is 28.8 Å². The van der Waals surface area contributed by atoms with Gasteiger partial charge in [0, 0.05) is 6.20 Å². The second kappa shape index (κ2) is 6.74. The molecular weight excluding hydrogens is 329 g/mol. The predicted molar refractivity (Wildman–Crippen MR) is 81.6 cm³/mol. The van der Waals surface area contributed by atoms with Gasteiger partial charge in [-0.3, -0.25) is 4.98 Å². The van der Waals surface area contributed by atoms with E-state index in [0.29, 0.717) is 16.3 Å². The lowest BCUT2D eigenvalue weighted by molar-refractivity contribution is -0.137. The lowest BCUT2D eigenvalue weighted by Gasteiger charge is -2.13. The Kier molecular flexibility index (Phi) is 5.13. The lowest BCUT2D eigenvalue weighted by Crippen LogP contribution is -2.12. The Morgan fingerprint density at radius 1 is 1.35 bits per heavy atom. The summed E-state index contributed by atoms with van der Waals surface area (Å²) < 4.78 is 43.5. The Labute approximate surface area is 135 Å². The first kappa shape index (κ1) is 17.5. The zero-order valence-corrected chi connectivity index (χ0v) is 13.6. The molecule has 0 fully saturated rings. The molecule has 2 aromatic heterocycles. The molecule has 0 saturated heterocycles. The van der Waals surface area contributed by atoms with Gasteiger partial charge in [0.15, 0.2) is 0 Å². The molecule has 8 heteroatoms. The van der Waals surface area contributed by atoms with E-state index < -0.39 is 17.7 Å². The van der Waals surface area contributed by atoms with Crippen LogP contribution in [0.3, 0.4) is 0 Å². The molecule has 0 aromatic carbocycles. The summed E-state index contributed by atoms with van der Waals surface area (Å²) in [7, 11) is 0. The molecule has 0 radical (unpaired) electrons. The van der Waals surface area contributed by atoms with E-state index in [1.807, 2.05) is 6.92 Å². The number of fused-ring (bicyclic) bond motifs is 1. The highest BCUT2D eigenvalue weighted by Gasteiger charge is 2.32. The van der Waals surface area contributed by atoms with E-state index in [1.54, 1.807) is 13.8 Å². The molecule has 0 spiro atoms. The van der Waals surface area contributed by atoms with Crippen LogP contribution in [0.15, 0.2) is 17.3 Å². The molecule has 2 aromatic rings. The number of thioether (sulfide) groups is 1. The fraction of sp³-hybridized carbons (Fsp3) is 0.400. The third-order valence-electron chi connectivity index (χ3n) is 3.12. The molecule has 0 N–H and O–H groups in total. The maximum absolute atomic E-state index is 12.8. The molecule has 2 rings (SSSR count). The highest BCUT2D eigenvalue weighted by molar-refractivity contribution is 7.99. The van der Waals surface area contributed by atoms with Gasteiger partial charge in [-0.15, -0.1) is 11.8 Å². The first-order chi connectivity index (χ1) is 10.8. The Balaban J connectivity index is 2.70. The number of hydrogen-bond acceptors (Lipinski definition) is 5. The summed E-state index contributed by atoms with van der Waals surface area (Å²) in [6, 6.07) is 0.948. The SMILES string of the molecule is CCOC(=O)c1c(SCC)nc2cc(C(F)(F)F)cnc2c1C. The van der Waals surface area contributed by atoms with E-state index in [9.17, 15) is 18.0 Å². The van der Waals surface area contributed by atoms with E-state index >= 15 is 0 Å². The molecule has 0 unspecified atom stereocenters. The van der Waals surface area contributed by atoms with Crippen LogP contribution in [0.25, 0.3) is 11.0 Å². The number of carbonyl (C=O) groups excluding carboxylic acids is 1. The van der Waals surface area contributed by atoms with Crippen molar-refractivity contribution in [2.45, 2.75) is 32.0 Å². The third kappa shape index (κ3) is 3.57. The maximum atomic E-state index is 12.8. The van der Waals surface area contributed by atoms with Crippen LogP contribution in [0.4, 0.5) is 13.2 Å². The molecule has 23 heavy (non-hydrogen) atoms. The number of hydrogen-bond donors (Lipinski definition) is 0. The summed E-state index contributed by atoms with van der Waals surface area (Å²) in [5.41, 5.74) is 0.243. The van der Waals surface area contributed by atoms with E-state index in [2.05, 4.69) is 9.97 Å². The minimum absolute atomic E-state index is 0.112. The number of aromatic nitrogens is 2. The predicted octanol–water partition coefficient (Wildman–Crippen LogP) is 4.25. The summed E-state index contributed by atoms with van der Waals surface area (Å²) >= 11 is 1.28. The molecule has 0 aliphatic heterocycles. The number of nitrogens with zero attached hydrogens (tertiary/aromatic N) is 2. The summed E-state index contributed by atoms with van der Waals surface area (Å²) in [5, 5.41) is 0.358. The molecule has 0 aliphatic carbocycles. The maximum Gasteiger partial charge on any atom is 0.417 e. The zero-order valence-electron chi connectivity index (χ0n) is 12.8. The Hall–Kier alpha value is -1.83. The number of carbonyl (C=O) groups is 1. The molecular formula is C15H15F3N2O2S. The van der Waals surface area contributed by atoms with Crippen molar-refractivity contribution in [3.8, 4) is 0 Å². The monoisotopic (exact) mass is 344 g/mol. The van der Waals surface area contributed by atoms with Gasteiger partial charge in [0.1, 0.15) is 5.03 Å². The Bertz CT molecular complexity index is 748. The number of aryl methyl sites for hydroxylation is 1. The Morgan fingerprint density at radius 2 is 2.04 bits per heavy atom. The van der Waals surface area contributed by atoms with Crippen molar-refractivity contribution in [2.24, 2.45) is 0 Å². The first-order valence-corrected chi connectivity index (χ1v) is 7.95. The number of halogens is 3. The number of rotatable bonds is 4. The van der Waals surface area contributed by atoms with Crippen LogP contribution in [0.2, 0.25) is 0 Å². The van der Waals surface area contributed by atoms with Crippen molar-refractivity contribution in [2.75, 3.05) is 12.4 Å². The number of ether oxygens (including phenoxy) is 1. The minimum Gasteiger partial charge on any atom is -0.462 e. The fourth-order valence-electron chi connectivity index (χ4n) is 2.11. The topological polar surface area (TPSA) is 52.1 Å². The number of esters is 1.